The molecule has 0 aliphatic carbocycles. The molecule has 2 atom stereocenters. The summed E-state index contributed by atoms with van der Waals surface area (Å²) >= 11 is 0. The molecule has 1 amide bonds. The second kappa shape index (κ2) is 8.02. The molecule has 0 aromatic carbocycles. The smallest absolute Gasteiger partial charge is 0.223 e. The minimum atomic E-state index is 0.307. The van der Waals surface area contributed by atoms with Crippen LogP contribution in [-0.4, -0.2) is 36.5 Å². The molecule has 3 heteroatoms. The fourth-order valence-electron chi connectivity index (χ4n) is 3.38. The van der Waals surface area contributed by atoms with E-state index in [1.165, 1.54) is 6.42 Å². The second-order valence-electron chi connectivity index (χ2n) is 7.66. The topological polar surface area (TPSA) is 32.3 Å². The molecule has 0 aromatic rings. The number of hydrogen-bond acceptors (Lipinski definition) is 2. The van der Waals surface area contributed by atoms with Crippen LogP contribution in [0.2, 0.25) is 0 Å². The van der Waals surface area contributed by atoms with Crippen LogP contribution in [0.5, 0.6) is 0 Å². The van der Waals surface area contributed by atoms with Gasteiger partial charge in [0.25, 0.3) is 0 Å². The van der Waals surface area contributed by atoms with Crippen LogP contribution in [0.3, 0.4) is 0 Å². The Bertz CT molecular complexity index is 290. The Balaban J connectivity index is 2.54. The van der Waals surface area contributed by atoms with Crippen LogP contribution in [0, 0.1) is 11.3 Å². The van der Waals surface area contributed by atoms with E-state index in [1.54, 1.807) is 0 Å². The SMILES string of the molecule is CCCN(C(=O)CC(C)CC(C)(C)C)C1CCCNC1. The van der Waals surface area contributed by atoms with Crippen molar-refractivity contribution in [2.45, 2.75) is 72.8 Å². The van der Waals surface area contributed by atoms with E-state index in [1.807, 2.05) is 0 Å². The predicted octanol–water partition coefficient (Wildman–Crippen LogP) is 3.44. The van der Waals surface area contributed by atoms with Gasteiger partial charge in [-0.1, -0.05) is 34.6 Å². The molecule has 1 fully saturated rings. The van der Waals surface area contributed by atoms with E-state index < -0.39 is 0 Å². The number of amides is 1. The second-order valence-corrected chi connectivity index (χ2v) is 7.66. The summed E-state index contributed by atoms with van der Waals surface area (Å²) in [5, 5.41) is 3.43. The van der Waals surface area contributed by atoms with Crippen LogP contribution < -0.4 is 5.32 Å². The largest absolute Gasteiger partial charge is 0.338 e. The number of nitrogens with one attached hydrogen (secondary N) is 1. The third kappa shape index (κ3) is 6.25. The van der Waals surface area contributed by atoms with Gasteiger partial charge in [-0.2, -0.15) is 0 Å². The van der Waals surface area contributed by atoms with Crippen molar-refractivity contribution < 1.29 is 4.79 Å². The van der Waals surface area contributed by atoms with Crippen molar-refractivity contribution in [2.24, 2.45) is 11.3 Å². The standard InChI is InChI=1S/C17H34N2O/c1-6-10-19(15-8-7-9-18-13-15)16(20)11-14(2)12-17(3,4)5/h14-15,18H,6-13H2,1-5H3. The average Bonchev–Trinajstić information content (AvgIpc) is 2.34. The molecule has 1 heterocycles. The van der Waals surface area contributed by atoms with Crippen molar-refractivity contribution in [3.8, 4) is 0 Å². The molecular formula is C17H34N2O. The molecule has 1 N–H and O–H groups in total. The minimum Gasteiger partial charge on any atom is -0.338 e. The average molecular weight is 282 g/mol. The molecule has 0 spiro atoms. The van der Waals surface area contributed by atoms with Crippen LogP contribution in [-0.2, 0) is 4.79 Å². The number of nitrogens with zero attached hydrogens (tertiary/aromatic N) is 1. The summed E-state index contributed by atoms with van der Waals surface area (Å²) in [5.41, 5.74) is 0.307. The number of carbonyl (C=O) groups is 1. The van der Waals surface area contributed by atoms with E-state index in [2.05, 4.69) is 44.8 Å². The van der Waals surface area contributed by atoms with E-state index in [4.69, 9.17) is 0 Å². The van der Waals surface area contributed by atoms with Gasteiger partial charge in [0, 0.05) is 25.6 Å². The highest BCUT2D eigenvalue weighted by Gasteiger charge is 2.26. The van der Waals surface area contributed by atoms with Gasteiger partial charge in [0.15, 0.2) is 0 Å². The van der Waals surface area contributed by atoms with Gasteiger partial charge < -0.3 is 10.2 Å². The van der Waals surface area contributed by atoms with Gasteiger partial charge in [-0.15, -0.1) is 0 Å². The maximum Gasteiger partial charge on any atom is 0.223 e. The zero-order valence-corrected chi connectivity index (χ0v) is 14.2. The first-order valence-electron chi connectivity index (χ1n) is 8.33. The maximum absolute atomic E-state index is 12.6. The Labute approximate surface area is 125 Å². The first-order valence-corrected chi connectivity index (χ1v) is 8.33. The fourth-order valence-corrected chi connectivity index (χ4v) is 3.38. The van der Waals surface area contributed by atoms with Crippen LogP contribution in [0.25, 0.3) is 0 Å². The molecule has 1 rings (SSSR count). The van der Waals surface area contributed by atoms with Crippen molar-refractivity contribution in [3.05, 3.63) is 0 Å². The molecule has 0 radical (unpaired) electrons. The van der Waals surface area contributed by atoms with Gasteiger partial charge in [0.2, 0.25) is 5.91 Å². The normalized spacial score (nSPS) is 21.6. The zero-order chi connectivity index (χ0) is 15.2. The Morgan fingerprint density at radius 3 is 2.60 bits per heavy atom. The van der Waals surface area contributed by atoms with Crippen LogP contribution in [0.4, 0.5) is 0 Å². The molecule has 3 nitrogen and oxygen atoms in total. The van der Waals surface area contributed by atoms with Crippen LogP contribution in [0.15, 0.2) is 0 Å². The van der Waals surface area contributed by atoms with Gasteiger partial charge in [-0.3, -0.25) is 4.79 Å². The first-order chi connectivity index (χ1) is 9.33. The fraction of sp³-hybridized carbons (Fsp3) is 0.941. The molecule has 0 saturated carbocycles. The van der Waals surface area contributed by atoms with Gasteiger partial charge >= 0.3 is 0 Å². The van der Waals surface area contributed by atoms with Crippen molar-refractivity contribution in [1.82, 2.24) is 10.2 Å². The summed E-state index contributed by atoms with van der Waals surface area (Å²) in [4.78, 5) is 14.8. The minimum absolute atomic E-state index is 0.307. The highest BCUT2D eigenvalue weighted by atomic mass is 16.2. The van der Waals surface area contributed by atoms with E-state index in [0.717, 1.165) is 38.9 Å². The number of rotatable bonds is 6. The lowest BCUT2D eigenvalue weighted by Crippen LogP contribution is -2.49. The molecule has 2 unspecified atom stereocenters. The van der Waals surface area contributed by atoms with Crippen LogP contribution in [0.1, 0.15) is 66.7 Å². The summed E-state index contributed by atoms with van der Waals surface area (Å²) in [6.07, 6.45) is 5.22. The third-order valence-corrected chi connectivity index (χ3v) is 3.98. The molecule has 0 aromatic heterocycles. The van der Waals surface area contributed by atoms with Gasteiger partial charge in [-0.05, 0) is 43.6 Å². The highest BCUT2D eigenvalue weighted by molar-refractivity contribution is 5.76. The van der Waals surface area contributed by atoms with Gasteiger partial charge in [-0.25, -0.2) is 0 Å². The molecule has 1 aliphatic rings. The van der Waals surface area contributed by atoms with E-state index >= 15 is 0 Å². The Kier molecular flexibility index (Phi) is 7.01. The number of piperidine rings is 1. The molecule has 1 saturated heterocycles. The number of hydrogen-bond donors (Lipinski definition) is 1. The lowest BCUT2D eigenvalue weighted by atomic mass is 9.84. The maximum atomic E-state index is 12.6. The Hall–Kier alpha value is -0.570. The Morgan fingerprint density at radius 2 is 2.10 bits per heavy atom. The summed E-state index contributed by atoms with van der Waals surface area (Å²) in [5.74, 6) is 0.829. The van der Waals surface area contributed by atoms with Gasteiger partial charge in [0.1, 0.15) is 0 Å². The van der Waals surface area contributed by atoms with E-state index in [0.29, 0.717) is 29.7 Å². The predicted molar refractivity (Wildman–Crippen MR) is 85.7 cm³/mol. The zero-order valence-electron chi connectivity index (χ0n) is 14.2. The lowest BCUT2D eigenvalue weighted by molar-refractivity contribution is -0.135. The van der Waals surface area contributed by atoms with E-state index in [9.17, 15) is 4.79 Å². The van der Waals surface area contributed by atoms with Crippen molar-refractivity contribution >= 4 is 5.91 Å². The van der Waals surface area contributed by atoms with Gasteiger partial charge in [0.05, 0.1) is 0 Å². The lowest BCUT2D eigenvalue weighted by Gasteiger charge is -2.35. The molecular weight excluding hydrogens is 248 g/mol. The highest BCUT2D eigenvalue weighted by Crippen LogP contribution is 2.27. The van der Waals surface area contributed by atoms with E-state index in [-0.39, 0.29) is 0 Å². The Morgan fingerprint density at radius 1 is 1.40 bits per heavy atom. The summed E-state index contributed by atoms with van der Waals surface area (Å²) < 4.78 is 0. The van der Waals surface area contributed by atoms with Crippen LogP contribution >= 0.6 is 0 Å². The summed E-state index contributed by atoms with van der Waals surface area (Å²) in [7, 11) is 0. The van der Waals surface area contributed by atoms with Crippen molar-refractivity contribution in [3.63, 3.8) is 0 Å². The van der Waals surface area contributed by atoms with Crippen molar-refractivity contribution in [2.75, 3.05) is 19.6 Å². The molecule has 20 heavy (non-hydrogen) atoms. The molecule has 1 aliphatic heterocycles. The third-order valence-electron chi connectivity index (χ3n) is 3.98. The molecule has 0 bridgehead atoms. The number of carbonyl (C=O) groups excluding carboxylic acids is 1. The quantitative estimate of drug-likeness (QED) is 0.809. The monoisotopic (exact) mass is 282 g/mol. The van der Waals surface area contributed by atoms with Crippen molar-refractivity contribution in [1.29, 1.82) is 0 Å². The summed E-state index contributed by atoms with van der Waals surface area (Å²) in [6, 6.07) is 0.415. The molecule has 118 valence electrons. The summed E-state index contributed by atoms with van der Waals surface area (Å²) in [6.45, 7) is 14.1. The first kappa shape index (κ1) is 17.5.